The van der Waals surface area contributed by atoms with Crippen molar-refractivity contribution in [2.24, 2.45) is 0 Å². The second-order valence-electron chi connectivity index (χ2n) is 8.27. The van der Waals surface area contributed by atoms with Gasteiger partial charge in [-0.05, 0) is 48.0 Å². The molecule has 1 amide bonds. The number of nitrogens with zero attached hydrogens (tertiary/aromatic N) is 3. The number of hydrogen-bond donors (Lipinski definition) is 0. The van der Waals surface area contributed by atoms with Crippen LogP contribution in [0.1, 0.15) is 15.9 Å². The second-order valence-corrected chi connectivity index (χ2v) is 10.6. The molecule has 1 heterocycles. The highest BCUT2D eigenvalue weighted by Gasteiger charge is 2.30. The van der Waals surface area contributed by atoms with Crippen molar-refractivity contribution in [3.63, 3.8) is 0 Å². The van der Waals surface area contributed by atoms with E-state index in [2.05, 4.69) is 4.90 Å². The van der Waals surface area contributed by atoms with Crippen LogP contribution in [0.4, 0.5) is 11.4 Å². The molecule has 1 fully saturated rings. The summed E-state index contributed by atoms with van der Waals surface area (Å²) in [6.07, 6.45) is 0. The lowest BCUT2D eigenvalue weighted by atomic mass is 10.1. The molecule has 3 aromatic carbocycles. The fourth-order valence-corrected chi connectivity index (χ4v) is 5.92. The number of nitro groups is 1. The summed E-state index contributed by atoms with van der Waals surface area (Å²) in [5.74, 6) is -0.122. The van der Waals surface area contributed by atoms with Crippen LogP contribution >= 0.6 is 11.6 Å². The lowest BCUT2D eigenvalue weighted by Crippen LogP contribution is -2.48. The summed E-state index contributed by atoms with van der Waals surface area (Å²) in [5.41, 5.74) is 0.774. The van der Waals surface area contributed by atoms with Gasteiger partial charge in [0.05, 0.1) is 17.8 Å². The Morgan fingerprint density at radius 1 is 1.03 bits per heavy atom. The van der Waals surface area contributed by atoms with Gasteiger partial charge in [0.1, 0.15) is 10.6 Å². The van der Waals surface area contributed by atoms with Crippen molar-refractivity contribution in [1.82, 2.24) is 4.90 Å². The van der Waals surface area contributed by atoms with E-state index in [1.165, 1.54) is 6.07 Å². The molecule has 0 bridgehead atoms. The maximum absolute atomic E-state index is 13.1. The Balaban J connectivity index is 1.51. The Labute approximate surface area is 213 Å². The van der Waals surface area contributed by atoms with E-state index in [4.69, 9.17) is 16.3 Å². The number of nitro benzene ring substituents is 1. The minimum absolute atomic E-state index is 0.0660. The molecule has 9 nitrogen and oxygen atoms in total. The van der Waals surface area contributed by atoms with Gasteiger partial charge in [0.25, 0.3) is 11.6 Å². The molecule has 0 aliphatic carbocycles. The zero-order valence-corrected chi connectivity index (χ0v) is 21.0. The normalized spacial score (nSPS) is 13.9. The molecule has 1 aliphatic heterocycles. The summed E-state index contributed by atoms with van der Waals surface area (Å²) in [6.45, 7) is 2.02. The van der Waals surface area contributed by atoms with E-state index in [9.17, 15) is 23.3 Å². The minimum atomic E-state index is -4.09. The average Bonchev–Trinajstić information content (AvgIpc) is 2.89. The van der Waals surface area contributed by atoms with Crippen LogP contribution in [0.25, 0.3) is 0 Å². The van der Waals surface area contributed by atoms with Gasteiger partial charge < -0.3 is 14.5 Å². The Kier molecular flexibility index (Phi) is 7.46. The van der Waals surface area contributed by atoms with Crippen molar-refractivity contribution in [3.8, 4) is 5.75 Å². The molecular weight excluding hydrogens is 506 g/mol. The third-order valence-electron chi connectivity index (χ3n) is 6.05. The highest BCUT2D eigenvalue weighted by molar-refractivity contribution is 7.90. The van der Waals surface area contributed by atoms with E-state index in [1.807, 2.05) is 24.3 Å². The Morgan fingerprint density at radius 3 is 2.31 bits per heavy atom. The van der Waals surface area contributed by atoms with E-state index < -0.39 is 31.1 Å². The fourth-order valence-electron chi connectivity index (χ4n) is 4.10. The van der Waals surface area contributed by atoms with Gasteiger partial charge in [-0.2, -0.15) is 0 Å². The predicted molar refractivity (Wildman–Crippen MR) is 137 cm³/mol. The van der Waals surface area contributed by atoms with Crippen LogP contribution in [0.5, 0.6) is 5.75 Å². The number of hydrogen-bond acceptors (Lipinski definition) is 7. The van der Waals surface area contributed by atoms with Crippen LogP contribution in [-0.2, 0) is 15.6 Å². The zero-order valence-electron chi connectivity index (χ0n) is 19.5. The predicted octanol–water partition coefficient (Wildman–Crippen LogP) is 4.19. The van der Waals surface area contributed by atoms with Crippen molar-refractivity contribution in [2.75, 3.05) is 38.2 Å². The summed E-state index contributed by atoms with van der Waals surface area (Å²) in [6, 6.07) is 17.5. The standard InChI is InChI=1S/C25H24ClN3O6S/c1-35-21-9-7-20(8-10-21)27-12-14-28(15-13-27)25(30)18-6-11-24(23(16-18)29(31)32)36(33,34)17-19-4-2-3-5-22(19)26/h2-11,16H,12-15,17H2,1H3. The number of anilines is 1. The third kappa shape index (κ3) is 5.44. The number of methoxy groups -OCH3 is 1. The van der Waals surface area contributed by atoms with Crippen LogP contribution in [0.2, 0.25) is 5.02 Å². The number of rotatable bonds is 7. The maximum Gasteiger partial charge on any atom is 0.288 e. The number of ether oxygens (including phenoxy) is 1. The lowest BCUT2D eigenvalue weighted by molar-refractivity contribution is -0.387. The topological polar surface area (TPSA) is 110 Å². The second kappa shape index (κ2) is 10.5. The van der Waals surface area contributed by atoms with Crippen molar-refractivity contribution >= 4 is 38.7 Å². The number of carbonyl (C=O) groups is 1. The molecule has 0 radical (unpaired) electrons. The molecule has 0 unspecified atom stereocenters. The number of amides is 1. The Morgan fingerprint density at radius 2 is 1.69 bits per heavy atom. The van der Waals surface area contributed by atoms with Gasteiger partial charge in [-0.1, -0.05) is 29.8 Å². The summed E-state index contributed by atoms with van der Waals surface area (Å²) < 4.78 is 31.2. The SMILES string of the molecule is COc1ccc(N2CCN(C(=O)c3ccc(S(=O)(=O)Cc4ccccc4Cl)c([N+](=O)[O-])c3)CC2)cc1. The van der Waals surface area contributed by atoms with E-state index in [1.54, 1.807) is 36.3 Å². The number of benzene rings is 3. The molecule has 0 spiro atoms. The number of piperazine rings is 1. The molecule has 0 N–H and O–H groups in total. The first kappa shape index (κ1) is 25.5. The van der Waals surface area contributed by atoms with Crippen molar-refractivity contribution in [3.05, 3.63) is 93.0 Å². The average molecular weight is 530 g/mol. The molecule has 36 heavy (non-hydrogen) atoms. The molecule has 11 heteroatoms. The number of sulfone groups is 1. The Bertz CT molecular complexity index is 1390. The molecule has 1 aliphatic rings. The first-order valence-corrected chi connectivity index (χ1v) is 13.2. The van der Waals surface area contributed by atoms with E-state index in [0.717, 1.165) is 23.6 Å². The van der Waals surface area contributed by atoms with Gasteiger partial charge >= 0.3 is 0 Å². The number of carbonyl (C=O) groups excluding carboxylic acids is 1. The summed E-state index contributed by atoms with van der Waals surface area (Å²) in [4.78, 5) is 27.4. The molecule has 0 saturated carbocycles. The van der Waals surface area contributed by atoms with E-state index in [0.29, 0.717) is 31.7 Å². The molecule has 3 aromatic rings. The molecule has 4 rings (SSSR count). The third-order valence-corrected chi connectivity index (χ3v) is 8.12. The fraction of sp³-hybridized carbons (Fsp3) is 0.240. The Hall–Kier alpha value is -3.63. The first-order valence-electron chi connectivity index (χ1n) is 11.1. The maximum atomic E-state index is 13.1. The van der Waals surface area contributed by atoms with Gasteiger partial charge in [-0.15, -0.1) is 0 Å². The molecule has 1 saturated heterocycles. The van der Waals surface area contributed by atoms with Crippen LogP contribution in [0, 0.1) is 10.1 Å². The van der Waals surface area contributed by atoms with Crippen molar-refractivity contribution < 1.29 is 22.9 Å². The van der Waals surface area contributed by atoms with E-state index >= 15 is 0 Å². The van der Waals surface area contributed by atoms with Gasteiger partial charge in [0.2, 0.25) is 0 Å². The van der Waals surface area contributed by atoms with Crippen LogP contribution in [0.15, 0.2) is 71.6 Å². The summed E-state index contributed by atoms with van der Waals surface area (Å²) in [7, 11) is -2.49. The van der Waals surface area contributed by atoms with Crippen molar-refractivity contribution in [1.29, 1.82) is 0 Å². The quantitative estimate of drug-likeness (QED) is 0.333. The first-order chi connectivity index (χ1) is 17.2. The smallest absolute Gasteiger partial charge is 0.288 e. The van der Waals surface area contributed by atoms with Crippen molar-refractivity contribution in [2.45, 2.75) is 10.6 Å². The highest BCUT2D eigenvalue weighted by atomic mass is 35.5. The summed E-state index contributed by atoms with van der Waals surface area (Å²) in [5, 5.41) is 12.0. The molecule has 0 atom stereocenters. The molecule has 0 aromatic heterocycles. The van der Waals surface area contributed by atoms with Gasteiger partial charge in [-0.3, -0.25) is 14.9 Å². The van der Waals surface area contributed by atoms with Crippen LogP contribution in [-0.4, -0.2) is 57.4 Å². The minimum Gasteiger partial charge on any atom is -0.497 e. The lowest BCUT2D eigenvalue weighted by Gasteiger charge is -2.36. The number of halogens is 1. The monoisotopic (exact) mass is 529 g/mol. The van der Waals surface area contributed by atoms with Crippen LogP contribution in [0.3, 0.4) is 0 Å². The largest absolute Gasteiger partial charge is 0.497 e. The van der Waals surface area contributed by atoms with E-state index in [-0.39, 0.29) is 16.5 Å². The molecular formula is C25H24ClN3O6S. The summed E-state index contributed by atoms with van der Waals surface area (Å²) >= 11 is 6.08. The van der Waals surface area contributed by atoms with Crippen LogP contribution < -0.4 is 9.64 Å². The molecule has 188 valence electrons. The van der Waals surface area contributed by atoms with Gasteiger partial charge in [0, 0.05) is 48.5 Å². The highest BCUT2D eigenvalue weighted by Crippen LogP contribution is 2.30. The van der Waals surface area contributed by atoms with Gasteiger partial charge in [0.15, 0.2) is 9.84 Å². The zero-order chi connectivity index (χ0) is 25.9. The van der Waals surface area contributed by atoms with Gasteiger partial charge in [-0.25, -0.2) is 8.42 Å².